The summed E-state index contributed by atoms with van der Waals surface area (Å²) < 4.78 is 1.83. The van der Waals surface area contributed by atoms with Crippen LogP contribution in [0.1, 0.15) is 28.2 Å². The van der Waals surface area contributed by atoms with Crippen LogP contribution in [0.5, 0.6) is 0 Å². The third-order valence-corrected chi connectivity index (χ3v) is 7.09. The van der Waals surface area contributed by atoms with E-state index in [1.165, 1.54) is 17.3 Å². The monoisotopic (exact) mass is 517 g/mol. The van der Waals surface area contributed by atoms with Crippen molar-refractivity contribution in [2.45, 2.75) is 24.5 Å². The number of nitrogens with zero attached hydrogens (tertiary/aromatic N) is 4. The van der Waals surface area contributed by atoms with E-state index in [0.29, 0.717) is 28.1 Å². The molecule has 0 bridgehead atoms. The standard InChI is InChI=1S/C27H24ClN5O2S/c28-21-12-6-13-22(16-21)33-24(17-29-26(35)20-9-2-1-3-10-20)30-31-27(33)36-18-25(34)32-15-7-11-19-8-4-5-14-23(19)32/h1-6,8-10,12-14,16H,7,11,15,17-18H2,(H,29,35). The molecular weight excluding hydrogens is 494 g/mol. The maximum absolute atomic E-state index is 13.2. The SMILES string of the molecule is O=C(NCc1nnc(SCC(=O)N2CCCc3ccccc32)n1-c1cccc(Cl)c1)c1ccccc1. The largest absolute Gasteiger partial charge is 0.345 e. The maximum Gasteiger partial charge on any atom is 0.251 e. The summed E-state index contributed by atoms with van der Waals surface area (Å²) in [6, 6.07) is 24.4. The maximum atomic E-state index is 13.2. The number of carbonyl (C=O) groups is 2. The minimum absolute atomic E-state index is 0.0201. The van der Waals surface area contributed by atoms with Gasteiger partial charge in [0, 0.05) is 22.8 Å². The average Bonchev–Trinajstić information content (AvgIpc) is 3.33. The predicted molar refractivity (Wildman–Crippen MR) is 142 cm³/mol. The second kappa shape index (κ2) is 11.0. The number of aryl methyl sites for hydroxylation is 1. The number of fused-ring (bicyclic) bond motifs is 1. The van der Waals surface area contributed by atoms with Crippen LogP contribution < -0.4 is 10.2 Å². The molecule has 1 aromatic heterocycles. The van der Waals surface area contributed by atoms with E-state index in [0.717, 1.165) is 24.2 Å². The van der Waals surface area contributed by atoms with Crippen molar-refractivity contribution in [2.24, 2.45) is 0 Å². The smallest absolute Gasteiger partial charge is 0.251 e. The summed E-state index contributed by atoms with van der Waals surface area (Å²) in [7, 11) is 0. The Morgan fingerprint density at radius 3 is 2.61 bits per heavy atom. The summed E-state index contributed by atoms with van der Waals surface area (Å²) in [4.78, 5) is 27.6. The molecule has 0 radical (unpaired) electrons. The number of nitrogens with one attached hydrogen (secondary N) is 1. The first-order valence-corrected chi connectivity index (χ1v) is 13.0. The number of aromatic nitrogens is 3. The summed E-state index contributed by atoms with van der Waals surface area (Å²) in [5.41, 5.74) is 3.50. The predicted octanol–water partition coefficient (Wildman–Crippen LogP) is 4.92. The number of carbonyl (C=O) groups excluding carboxylic acids is 2. The van der Waals surface area contributed by atoms with Gasteiger partial charge in [0.25, 0.3) is 5.91 Å². The second-order valence-electron chi connectivity index (χ2n) is 8.33. The Kier molecular flexibility index (Phi) is 7.34. The molecule has 1 aliphatic heterocycles. The molecule has 0 saturated heterocycles. The van der Waals surface area contributed by atoms with Crippen LogP contribution in [0.4, 0.5) is 5.69 Å². The van der Waals surface area contributed by atoms with Crippen LogP contribution in [0.3, 0.4) is 0 Å². The lowest BCUT2D eigenvalue weighted by Crippen LogP contribution is -2.36. The van der Waals surface area contributed by atoms with Crippen LogP contribution in [-0.4, -0.2) is 38.9 Å². The molecule has 9 heteroatoms. The second-order valence-corrected chi connectivity index (χ2v) is 9.71. The molecule has 5 rings (SSSR count). The minimum Gasteiger partial charge on any atom is -0.345 e. The number of amides is 2. The highest BCUT2D eigenvalue weighted by Gasteiger charge is 2.24. The summed E-state index contributed by atoms with van der Waals surface area (Å²) in [5.74, 6) is 0.569. The van der Waals surface area contributed by atoms with Crippen LogP contribution in [0, 0.1) is 0 Å². The Morgan fingerprint density at radius 2 is 1.78 bits per heavy atom. The molecule has 2 heterocycles. The van der Waals surface area contributed by atoms with Crippen molar-refractivity contribution in [3.05, 3.63) is 101 Å². The zero-order valence-electron chi connectivity index (χ0n) is 19.4. The van der Waals surface area contributed by atoms with Crippen molar-refractivity contribution in [1.82, 2.24) is 20.1 Å². The lowest BCUT2D eigenvalue weighted by molar-refractivity contribution is -0.116. The quantitative estimate of drug-likeness (QED) is 0.352. The molecule has 0 spiro atoms. The van der Waals surface area contributed by atoms with E-state index < -0.39 is 0 Å². The van der Waals surface area contributed by atoms with E-state index >= 15 is 0 Å². The van der Waals surface area contributed by atoms with Gasteiger partial charge in [-0.05, 0) is 54.8 Å². The molecule has 182 valence electrons. The number of anilines is 1. The Morgan fingerprint density at radius 1 is 0.972 bits per heavy atom. The van der Waals surface area contributed by atoms with Gasteiger partial charge in [0.1, 0.15) is 0 Å². The van der Waals surface area contributed by atoms with Gasteiger partial charge in [0.2, 0.25) is 5.91 Å². The lowest BCUT2D eigenvalue weighted by Gasteiger charge is -2.29. The van der Waals surface area contributed by atoms with E-state index in [4.69, 9.17) is 11.6 Å². The lowest BCUT2D eigenvalue weighted by atomic mass is 10.0. The van der Waals surface area contributed by atoms with Gasteiger partial charge in [-0.3, -0.25) is 14.2 Å². The number of hydrogen-bond acceptors (Lipinski definition) is 5. The molecule has 0 atom stereocenters. The van der Waals surface area contributed by atoms with Crippen LogP contribution >= 0.6 is 23.4 Å². The molecule has 7 nitrogen and oxygen atoms in total. The third kappa shape index (κ3) is 5.29. The number of hydrogen-bond donors (Lipinski definition) is 1. The normalized spacial score (nSPS) is 12.8. The molecule has 1 aliphatic rings. The first-order chi connectivity index (χ1) is 17.6. The first kappa shape index (κ1) is 24.1. The molecule has 0 fully saturated rings. The van der Waals surface area contributed by atoms with Gasteiger partial charge in [0.05, 0.1) is 18.0 Å². The van der Waals surface area contributed by atoms with E-state index in [-0.39, 0.29) is 24.1 Å². The van der Waals surface area contributed by atoms with Crippen molar-refractivity contribution in [3.63, 3.8) is 0 Å². The van der Waals surface area contributed by atoms with Crippen LogP contribution in [0.25, 0.3) is 5.69 Å². The molecule has 3 aromatic carbocycles. The topological polar surface area (TPSA) is 80.1 Å². The molecule has 0 aliphatic carbocycles. The summed E-state index contributed by atoms with van der Waals surface area (Å²) in [5, 5.41) is 12.7. The number of para-hydroxylation sites is 1. The van der Waals surface area contributed by atoms with E-state index in [9.17, 15) is 9.59 Å². The van der Waals surface area contributed by atoms with E-state index in [2.05, 4.69) is 21.6 Å². The highest BCUT2D eigenvalue weighted by molar-refractivity contribution is 7.99. The Hall–Kier alpha value is -3.62. The van der Waals surface area contributed by atoms with Gasteiger partial charge in [-0.25, -0.2) is 0 Å². The highest BCUT2D eigenvalue weighted by atomic mass is 35.5. The van der Waals surface area contributed by atoms with E-state index in [1.54, 1.807) is 24.3 Å². The first-order valence-electron chi connectivity index (χ1n) is 11.6. The molecule has 4 aromatic rings. The number of halogens is 1. The average molecular weight is 518 g/mol. The zero-order chi connectivity index (χ0) is 24.9. The van der Waals surface area contributed by atoms with Crippen LogP contribution in [0.15, 0.2) is 84.0 Å². The van der Waals surface area contributed by atoms with Crippen molar-refractivity contribution < 1.29 is 9.59 Å². The van der Waals surface area contributed by atoms with Gasteiger partial charge in [0.15, 0.2) is 11.0 Å². The van der Waals surface area contributed by atoms with Crippen molar-refractivity contribution >= 4 is 40.9 Å². The number of benzene rings is 3. The van der Waals surface area contributed by atoms with Gasteiger partial charge in [-0.2, -0.15) is 0 Å². The fraction of sp³-hybridized carbons (Fsp3) is 0.185. The Labute approximate surface area is 218 Å². The Balaban J connectivity index is 1.35. The highest BCUT2D eigenvalue weighted by Crippen LogP contribution is 2.29. The molecule has 1 N–H and O–H groups in total. The van der Waals surface area contributed by atoms with Crippen molar-refractivity contribution in [2.75, 3.05) is 17.2 Å². The molecular formula is C27H24ClN5O2S. The fourth-order valence-electron chi connectivity index (χ4n) is 4.23. The molecule has 36 heavy (non-hydrogen) atoms. The van der Waals surface area contributed by atoms with Gasteiger partial charge < -0.3 is 10.2 Å². The van der Waals surface area contributed by atoms with Crippen molar-refractivity contribution in [1.29, 1.82) is 0 Å². The zero-order valence-corrected chi connectivity index (χ0v) is 21.0. The van der Waals surface area contributed by atoms with Crippen molar-refractivity contribution in [3.8, 4) is 5.69 Å². The van der Waals surface area contributed by atoms with Gasteiger partial charge >= 0.3 is 0 Å². The number of thioether (sulfide) groups is 1. The molecule has 0 saturated carbocycles. The summed E-state index contributed by atoms with van der Waals surface area (Å²) >= 11 is 7.58. The van der Waals surface area contributed by atoms with Crippen LogP contribution in [-0.2, 0) is 17.8 Å². The van der Waals surface area contributed by atoms with Gasteiger partial charge in [-0.15, -0.1) is 10.2 Å². The number of rotatable bonds is 7. The summed E-state index contributed by atoms with van der Waals surface area (Å²) in [6.45, 7) is 0.870. The fourth-order valence-corrected chi connectivity index (χ4v) is 5.26. The van der Waals surface area contributed by atoms with Gasteiger partial charge in [-0.1, -0.05) is 65.8 Å². The summed E-state index contributed by atoms with van der Waals surface area (Å²) in [6.07, 6.45) is 1.92. The van der Waals surface area contributed by atoms with Crippen LogP contribution in [0.2, 0.25) is 5.02 Å². The van der Waals surface area contributed by atoms with E-state index in [1.807, 2.05) is 58.0 Å². The third-order valence-electron chi connectivity index (χ3n) is 5.95. The minimum atomic E-state index is -0.204. The Bertz CT molecular complexity index is 1390. The molecule has 2 amide bonds. The molecule has 0 unspecified atom stereocenters.